The maximum Gasteiger partial charge on any atom is 0.275 e. The molecule has 0 aliphatic rings. The lowest BCUT2D eigenvalue weighted by atomic mass is 10.0. The molecule has 0 rings (SSSR count). The van der Waals surface area contributed by atoms with Crippen molar-refractivity contribution in [2.75, 3.05) is 65.4 Å². The minimum atomic E-state index is 0.119. The van der Waals surface area contributed by atoms with Gasteiger partial charge in [-0.3, -0.25) is 9.59 Å². The fourth-order valence-electron chi connectivity index (χ4n) is 8.09. The van der Waals surface area contributed by atoms with Crippen molar-refractivity contribution < 1.29 is 18.6 Å². The third-order valence-corrected chi connectivity index (χ3v) is 12.4. The molecule has 0 bridgehead atoms. The lowest BCUT2D eigenvalue weighted by Crippen LogP contribution is -2.55. The van der Waals surface area contributed by atoms with E-state index >= 15 is 0 Å². The summed E-state index contributed by atoms with van der Waals surface area (Å²) < 4.78 is 1.73. The first-order valence-electron chi connectivity index (χ1n) is 23.6. The van der Waals surface area contributed by atoms with Gasteiger partial charge in [-0.15, -0.1) is 0 Å². The van der Waals surface area contributed by atoms with Crippen LogP contribution in [0, 0.1) is 0 Å². The Bertz CT molecular complexity index is 716. The molecular formula is C46H96N4O2+2. The normalized spacial score (nSPS) is 12.0. The van der Waals surface area contributed by atoms with E-state index in [0.29, 0.717) is 26.2 Å². The number of unbranched alkanes of at least 4 members (excludes halogenated alkanes) is 26. The maximum atomic E-state index is 13.0. The molecule has 6 nitrogen and oxygen atoms in total. The molecule has 0 saturated carbocycles. The highest BCUT2D eigenvalue weighted by Crippen LogP contribution is 2.17. The van der Waals surface area contributed by atoms with Crippen molar-refractivity contribution >= 4 is 11.8 Å². The molecule has 0 spiro atoms. The molecule has 2 amide bonds. The highest BCUT2D eigenvalue weighted by atomic mass is 16.2. The number of hydrogen-bond acceptors (Lipinski definition) is 2. The number of carbonyl (C=O) groups excluding carboxylic acids is 2. The van der Waals surface area contributed by atoms with Gasteiger partial charge in [0.15, 0.2) is 13.1 Å². The summed E-state index contributed by atoms with van der Waals surface area (Å²) in [5, 5.41) is 6.22. The van der Waals surface area contributed by atoms with Crippen LogP contribution in [0.25, 0.3) is 0 Å². The Labute approximate surface area is 327 Å². The minimum Gasteiger partial charge on any atom is -0.349 e. The van der Waals surface area contributed by atoms with Gasteiger partial charge >= 0.3 is 0 Å². The van der Waals surface area contributed by atoms with E-state index in [1.165, 1.54) is 180 Å². The average Bonchev–Trinajstić information content (AvgIpc) is 3.15. The maximum absolute atomic E-state index is 13.0. The molecule has 0 heterocycles. The quantitative estimate of drug-likeness (QED) is 0.0485. The smallest absolute Gasteiger partial charge is 0.275 e. The van der Waals surface area contributed by atoms with Crippen LogP contribution in [0.4, 0.5) is 0 Å². The summed E-state index contributed by atoms with van der Waals surface area (Å²) in [5.74, 6) is 0.238. The fraction of sp³-hybridized carbons (Fsp3) is 0.957. The zero-order chi connectivity index (χ0) is 38.4. The van der Waals surface area contributed by atoms with Gasteiger partial charge in [0.25, 0.3) is 11.8 Å². The van der Waals surface area contributed by atoms with Crippen molar-refractivity contribution in [2.24, 2.45) is 0 Å². The third-order valence-electron chi connectivity index (χ3n) is 12.4. The molecule has 6 heteroatoms. The van der Waals surface area contributed by atoms with Crippen molar-refractivity contribution in [1.29, 1.82) is 0 Å². The Hall–Kier alpha value is -1.14. The summed E-state index contributed by atoms with van der Waals surface area (Å²) in [6.07, 6.45) is 38.5. The molecule has 2 N–H and O–H groups in total. The number of hydrogen-bond donors (Lipinski definition) is 2. The van der Waals surface area contributed by atoms with Crippen molar-refractivity contribution in [3.8, 4) is 0 Å². The Morgan fingerprint density at radius 1 is 0.327 bits per heavy atom. The van der Waals surface area contributed by atoms with E-state index in [4.69, 9.17) is 0 Å². The second kappa shape index (κ2) is 36.8. The molecule has 0 aliphatic heterocycles. The van der Waals surface area contributed by atoms with Crippen LogP contribution in [0.2, 0.25) is 0 Å². The lowest BCUT2D eigenvalue weighted by molar-refractivity contribution is -0.917. The van der Waals surface area contributed by atoms with Crippen LogP contribution in [-0.2, 0) is 9.59 Å². The number of amides is 2. The Morgan fingerprint density at radius 3 is 0.750 bits per heavy atom. The predicted octanol–water partition coefficient (Wildman–Crippen LogP) is 11.9. The van der Waals surface area contributed by atoms with Gasteiger partial charge in [-0.1, -0.05) is 168 Å². The SMILES string of the molecule is CCCCCCCCCCCCCCCC[N+](CC)(CC)CC(=O)NCCNC(=O)C[N+](CC)(CC)CCCCCCCCCCCCCCCC. The highest BCUT2D eigenvalue weighted by molar-refractivity contribution is 5.78. The first-order valence-corrected chi connectivity index (χ1v) is 23.6. The van der Waals surface area contributed by atoms with Crippen molar-refractivity contribution in [1.82, 2.24) is 10.6 Å². The van der Waals surface area contributed by atoms with Gasteiger partial charge in [-0.05, 0) is 53.4 Å². The van der Waals surface area contributed by atoms with Crippen molar-refractivity contribution in [3.05, 3.63) is 0 Å². The van der Waals surface area contributed by atoms with Gasteiger partial charge in [0.2, 0.25) is 0 Å². The molecule has 0 saturated heterocycles. The van der Waals surface area contributed by atoms with E-state index < -0.39 is 0 Å². The summed E-state index contributed by atoms with van der Waals surface area (Å²) in [6.45, 7) is 21.7. The molecule has 0 aromatic carbocycles. The van der Waals surface area contributed by atoms with Gasteiger partial charge in [0.1, 0.15) is 0 Å². The van der Waals surface area contributed by atoms with Crippen LogP contribution in [0.3, 0.4) is 0 Å². The van der Waals surface area contributed by atoms with Gasteiger partial charge in [-0.2, -0.15) is 0 Å². The second-order valence-electron chi connectivity index (χ2n) is 16.6. The van der Waals surface area contributed by atoms with E-state index in [2.05, 4.69) is 52.2 Å². The van der Waals surface area contributed by atoms with Crippen LogP contribution in [0.1, 0.15) is 221 Å². The molecule has 0 aromatic heterocycles. The number of likely N-dealkylation sites (N-methyl/N-ethyl adjacent to an activating group) is 2. The standard InChI is InChI=1S/C46H94N4O2/c1-7-13-15-17-19-21-23-25-27-29-31-33-35-37-41-49(9-3,10-4)43-45(51)47-39-40-48-46(52)44-50(11-5,12-6)42-38-36-34-32-30-28-26-24-22-20-18-16-14-8-2/h7-44H2,1-6H3/p+2. The van der Waals surface area contributed by atoms with Crippen LogP contribution in [-0.4, -0.2) is 86.2 Å². The molecule has 310 valence electrons. The van der Waals surface area contributed by atoms with E-state index in [1.807, 2.05) is 0 Å². The zero-order valence-electron chi connectivity index (χ0n) is 36.6. The molecular weight excluding hydrogens is 641 g/mol. The largest absolute Gasteiger partial charge is 0.349 e. The molecule has 0 aromatic rings. The lowest BCUT2D eigenvalue weighted by Gasteiger charge is -2.36. The Kier molecular flexibility index (Phi) is 36.0. The highest BCUT2D eigenvalue weighted by Gasteiger charge is 2.27. The Balaban J connectivity index is 4.09. The third kappa shape index (κ3) is 29.2. The van der Waals surface area contributed by atoms with Crippen molar-refractivity contribution in [2.45, 2.75) is 221 Å². The molecule has 0 aliphatic carbocycles. The Morgan fingerprint density at radius 2 is 0.538 bits per heavy atom. The predicted molar refractivity (Wildman–Crippen MR) is 229 cm³/mol. The first-order chi connectivity index (χ1) is 25.4. The summed E-state index contributed by atoms with van der Waals surface area (Å²) in [7, 11) is 0. The van der Waals surface area contributed by atoms with Gasteiger partial charge in [0.05, 0.1) is 39.3 Å². The van der Waals surface area contributed by atoms with Gasteiger partial charge in [0, 0.05) is 13.1 Å². The van der Waals surface area contributed by atoms with Gasteiger partial charge in [-0.25, -0.2) is 0 Å². The van der Waals surface area contributed by atoms with E-state index in [0.717, 1.165) is 48.2 Å². The summed E-state index contributed by atoms with van der Waals surface area (Å²) in [4.78, 5) is 25.9. The summed E-state index contributed by atoms with van der Waals surface area (Å²) in [5.41, 5.74) is 0. The number of quaternary nitrogens is 2. The molecule has 0 fully saturated rings. The number of carbonyl (C=O) groups is 2. The van der Waals surface area contributed by atoms with Gasteiger partial charge < -0.3 is 19.6 Å². The topological polar surface area (TPSA) is 58.2 Å². The zero-order valence-corrected chi connectivity index (χ0v) is 36.6. The van der Waals surface area contributed by atoms with Crippen LogP contribution < -0.4 is 10.6 Å². The molecule has 52 heavy (non-hydrogen) atoms. The van der Waals surface area contributed by atoms with Crippen LogP contribution in [0.5, 0.6) is 0 Å². The van der Waals surface area contributed by atoms with E-state index in [9.17, 15) is 9.59 Å². The monoisotopic (exact) mass is 737 g/mol. The molecule has 0 unspecified atom stereocenters. The molecule has 0 atom stereocenters. The minimum absolute atomic E-state index is 0.119. The fourth-order valence-corrected chi connectivity index (χ4v) is 8.09. The summed E-state index contributed by atoms with van der Waals surface area (Å²) >= 11 is 0. The van der Waals surface area contributed by atoms with Crippen LogP contribution in [0.15, 0.2) is 0 Å². The van der Waals surface area contributed by atoms with Crippen molar-refractivity contribution in [3.63, 3.8) is 0 Å². The average molecular weight is 737 g/mol. The first kappa shape index (κ1) is 50.9. The summed E-state index contributed by atoms with van der Waals surface area (Å²) in [6, 6.07) is 0. The number of nitrogens with one attached hydrogen (secondary N) is 2. The van der Waals surface area contributed by atoms with Crippen LogP contribution >= 0.6 is 0 Å². The number of rotatable bonds is 41. The second-order valence-corrected chi connectivity index (χ2v) is 16.6. The van der Waals surface area contributed by atoms with E-state index in [-0.39, 0.29) is 11.8 Å². The van der Waals surface area contributed by atoms with E-state index in [1.54, 1.807) is 0 Å². The molecule has 0 radical (unpaired) electrons. The number of nitrogens with zero attached hydrogens (tertiary/aromatic N) is 2.